The predicted octanol–water partition coefficient (Wildman–Crippen LogP) is 2.19. The molecule has 0 aromatic heterocycles. The summed E-state index contributed by atoms with van der Waals surface area (Å²) in [6.45, 7) is 10.7. The molecule has 0 bridgehead atoms. The number of hydrogen-bond acceptors (Lipinski definition) is 3. The minimum absolute atomic E-state index is 0.193. The van der Waals surface area contributed by atoms with E-state index in [1.54, 1.807) is 0 Å². The largest absolute Gasteiger partial charge is 0.393 e. The van der Waals surface area contributed by atoms with Crippen molar-refractivity contribution in [2.45, 2.75) is 65.2 Å². The zero-order chi connectivity index (χ0) is 13.3. The summed E-state index contributed by atoms with van der Waals surface area (Å²) in [7, 11) is 0. The highest BCUT2D eigenvalue weighted by atomic mass is 16.5. The van der Waals surface area contributed by atoms with Crippen molar-refractivity contribution >= 4 is 0 Å². The summed E-state index contributed by atoms with van der Waals surface area (Å²) >= 11 is 0. The average Bonchev–Trinajstić information content (AvgIpc) is 2.28. The molecule has 0 aromatic carbocycles. The summed E-state index contributed by atoms with van der Waals surface area (Å²) in [6, 6.07) is 0.583. The second-order valence-corrected chi connectivity index (χ2v) is 6.99. The Hall–Kier alpha value is -0.120. The molecule has 0 aromatic rings. The first-order valence-electron chi connectivity index (χ1n) is 7.46. The number of aliphatic hydroxyl groups is 1. The lowest BCUT2D eigenvalue weighted by Crippen LogP contribution is -2.69. The number of nitrogens with one attached hydrogen (secondary N) is 1. The first-order chi connectivity index (χ1) is 8.43. The van der Waals surface area contributed by atoms with Crippen LogP contribution in [0, 0.1) is 17.3 Å². The van der Waals surface area contributed by atoms with Crippen LogP contribution >= 0.6 is 0 Å². The minimum atomic E-state index is -0.193. The van der Waals surface area contributed by atoms with Gasteiger partial charge in [0.05, 0.1) is 12.2 Å². The maximum atomic E-state index is 9.40. The second kappa shape index (κ2) is 5.48. The van der Waals surface area contributed by atoms with Crippen LogP contribution in [0.15, 0.2) is 0 Å². The molecule has 18 heavy (non-hydrogen) atoms. The first-order valence-corrected chi connectivity index (χ1v) is 7.46. The van der Waals surface area contributed by atoms with E-state index in [1.807, 2.05) is 6.92 Å². The van der Waals surface area contributed by atoms with Gasteiger partial charge in [0.25, 0.3) is 0 Å². The third kappa shape index (κ3) is 2.73. The Kier molecular flexibility index (Phi) is 4.35. The average molecular weight is 255 g/mol. The van der Waals surface area contributed by atoms with Crippen LogP contribution in [-0.2, 0) is 4.74 Å². The summed E-state index contributed by atoms with van der Waals surface area (Å²) in [4.78, 5) is 0. The molecule has 106 valence electrons. The predicted molar refractivity (Wildman–Crippen MR) is 73.5 cm³/mol. The molecule has 2 aliphatic rings. The van der Waals surface area contributed by atoms with E-state index in [0.29, 0.717) is 24.0 Å². The summed E-state index contributed by atoms with van der Waals surface area (Å²) in [5.74, 6) is 1.23. The Balaban J connectivity index is 1.82. The molecule has 1 saturated heterocycles. The normalized spacial score (nSPS) is 37.5. The van der Waals surface area contributed by atoms with Crippen LogP contribution in [0.5, 0.6) is 0 Å². The molecule has 1 aliphatic carbocycles. The summed E-state index contributed by atoms with van der Waals surface area (Å²) in [6.07, 6.45) is 3.65. The highest BCUT2D eigenvalue weighted by molar-refractivity contribution is 5.10. The van der Waals surface area contributed by atoms with Crippen molar-refractivity contribution in [2.75, 3.05) is 13.2 Å². The van der Waals surface area contributed by atoms with E-state index in [2.05, 4.69) is 26.1 Å². The zero-order valence-corrected chi connectivity index (χ0v) is 12.3. The Morgan fingerprint density at radius 1 is 1.39 bits per heavy atom. The van der Waals surface area contributed by atoms with Crippen molar-refractivity contribution in [3.8, 4) is 0 Å². The van der Waals surface area contributed by atoms with Gasteiger partial charge in [0.15, 0.2) is 0 Å². The van der Waals surface area contributed by atoms with Crippen LogP contribution in [0.3, 0.4) is 0 Å². The van der Waals surface area contributed by atoms with Crippen LogP contribution in [0.2, 0.25) is 0 Å². The maximum absolute atomic E-state index is 9.40. The van der Waals surface area contributed by atoms with Crippen molar-refractivity contribution in [1.82, 2.24) is 5.32 Å². The fourth-order valence-corrected chi connectivity index (χ4v) is 3.93. The lowest BCUT2D eigenvalue weighted by molar-refractivity contribution is -0.192. The highest BCUT2D eigenvalue weighted by Gasteiger charge is 2.57. The van der Waals surface area contributed by atoms with Crippen molar-refractivity contribution in [3.63, 3.8) is 0 Å². The Labute approximate surface area is 111 Å². The lowest BCUT2D eigenvalue weighted by atomic mass is 9.55. The van der Waals surface area contributed by atoms with Gasteiger partial charge in [-0.05, 0) is 38.6 Å². The van der Waals surface area contributed by atoms with E-state index in [4.69, 9.17) is 4.74 Å². The molecule has 2 N–H and O–H groups in total. The van der Waals surface area contributed by atoms with E-state index < -0.39 is 0 Å². The number of hydrogen-bond donors (Lipinski definition) is 2. The molecule has 1 saturated carbocycles. The third-order valence-electron chi connectivity index (χ3n) is 4.76. The van der Waals surface area contributed by atoms with E-state index in [1.165, 1.54) is 12.8 Å². The fraction of sp³-hybridized carbons (Fsp3) is 1.00. The van der Waals surface area contributed by atoms with E-state index in [0.717, 1.165) is 19.6 Å². The molecule has 5 atom stereocenters. The zero-order valence-electron chi connectivity index (χ0n) is 12.3. The monoisotopic (exact) mass is 255 g/mol. The number of aliphatic hydroxyl groups excluding tert-OH is 1. The Morgan fingerprint density at radius 2 is 2.11 bits per heavy atom. The standard InChI is InChI=1S/C15H29NO2/c1-10(8-11(2)17)9-16-13-12-6-5-7-18-14(12)15(13,3)4/h10-14,16-17H,5-9H2,1-4H3. The van der Waals surface area contributed by atoms with Gasteiger partial charge < -0.3 is 15.2 Å². The molecule has 3 nitrogen and oxygen atoms in total. The van der Waals surface area contributed by atoms with Crippen LogP contribution in [0.25, 0.3) is 0 Å². The quantitative estimate of drug-likeness (QED) is 0.791. The van der Waals surface area contributed by atoms with Gasteiger partial charge in [-0.1, -0.05) is 20.8 Å². The van der Waals surface area contributed by atoms with Gasteiger partial charge in [-0.2, -0.15) is 0 Å². The summed E-state index contributed by atoms with van der Waals surface area (Å²) < 4.78 is 5.91. The minimum Gasteiger partial charge on any atom is -0.393 e. The summed E-state index contributed by atoms with van der Waals surface area (Å²) in [5, 5.41) is 13.1. The molecular formula is C15H29NO2. The van der Waals surface area contributed by atoms with Crippen molar-refractivity contribution in [3.05, 3.63) is 0 Å². The van der Waals surface area contributed by atoms with E-state index >= 15 is 0 Å². The van der Waals surface area contributed by atoms with E-state index in [-0.39, 0.29) is 11.5 Å². The van der Waals surface area contributed by atoms with Gasteiger partial charge in [0.2, 0.25) is 0 Å². The Bertz CT molecular complexity index is 278. The van der Waals surface area contributed by atoms with Crippen LogP contribution in [-0.4, -0.2) is 36.5 Å². The maximum Gasteiger partial charge on any atom is 0.0684 e. The first kappa shape index (κ1) is 14.3. The smallest absolute Gasteiger partial charge is 0.0684 e. The molecule has 1 aliphatic heterocycles. The van der Waals surface area contributed by atoms with Gasteiger partial charge >= 0.3 is 0 Å². The highest BCUT2D eigenvalue weighted by Crippen LogP contribution is 2.51. The van der Waals surface area contributed by atoms with Crippen LogP contribution in [0.1, 0.15) is 47.0 Å². The molecule has 5 unspecified atom stereocenters. The number of rotatable bonds is 5. The third-order valence-corrected chi connectivity index (χ3v) is 4.76. The van der Waals surface area contributed by atoms with Gasteiger partial charge in [-0.15, -0.1) is 0 Å². The van der Waals surface area contributed by atoms with Gasteiger partial charge in [-0.3, -0.25) is 0 Å². The number of fused-ring (bicyclic) bond motifs is 1. The van der Waals surface area contributed by atoms with Crippen molar-refractivity contribution in [2.24, 2.45) is 17.3 Å². The molecule has 2 rings (SSSR count). The van der Waals surface area contributed by atoms with Crippen LogP contribution in [0.4, 0.5) is 0 Å². The van der Waals surface area contributed by atoms with Gasteiger partial charge in [-0.25, -0.2) is 0 Å². The molecular weight excluding hydrogens is 226 g/mol. The van der Waals surface area contributed by atoms with Gasteiger partial charge in [0.1, 0.15) is 0 Å². The molecule has 0 radical (unpaired) electrons. The molecule has 0 spiro atoms. The summed E-state index contributed by atoms with van der Waals surface area (Å²) in [5.41, 5.74) is 0.260. The van der Waals surface area contributed by atoms with Crippen molar-refractivity contribution < 1.29 is 9.84 Å². The van der Waals surface area contributed by atoms with Gasteiger partial charge in [0, 0.05) is 24.0 Å². The molecule has 0 amide bonds. The molecule has 3 heteroatoms. The van der Waals surface area contributed by atoms with E-state index in [9.17, 15) is 5.11 Å². The SMILES string of the molecule is CC(O)CC(C)CNC1C2CCCOC2C1(C)C. The second-order valence-electron chi connectivity index (χ2n) is 6.99. The topological polar surface area (TPSA) is 41.5 Å². The molecule has 2 fully saturated rings. The van der Waals surface area contributed by atoms with Crippen LogP contribution < -0.4 is 5.32 Å². The fourth-order valence-electron chi connectivity index (χ4n) is 3.93. The Morgan fingerprint density at radius 3 is 2.78 bits per heavy atom. The van der Waals surface area contributed by atoms with Crippen molar-refractivity contribution in [1.29, 1.82) is 0 Å². The molecule has 1 heterocycles. The lowest BCUT2D eigenvalue weighted by Gasteiger charge is -2.60. The number of ether oxygens (including phenoxy) is 1.